The molecule has 1 atom stereocenters. The Morgan fingerprint density at radius 2 is 2.17 bits per heavy atom. The zero-order valence-electron chi connectivity index (χ0n) is 12.2. The minimum absolute atomic E-state index is 0.0272. The maximum absolute atomic E-state index is 11.0. The number of ether oxygens (including phenoxy) is 1. The van der Waals surface area contributed by atoms with Gasteiger partial charge in [-0.05, 0) is 59.5 Å². The Morgan fingerprint density at radius 1 is 1.50 bits per heavy atom. The van der Waals surface area contributed by atoms with Crippen molar-refractivity contribution < 1.29 is 14.6 Å². The third-order valence-electron chi connectivity index (χ3n) is 4.09. The molecular weight excluding hydrogens is 230 g/mol. The van der Waals surface area contributed by atoms with E-state index in [4.69, 9.17) is 9.84 Å². The van der Waals surface area contributed by atoms with Gasteiger partial charge in [0.15, 0.2) is 0 Å². The quantitative estimate of drug-likeness (QED) is 0.793. The molecule has 1 saturated heterocycles. The minimum atomic E-state index is -0.706. The summed E-state index contributed by atoms with van der Waals surface area (Å²) in [5, 5.41) is 9.07. The van der Waals surface area contributed by atoms with Crippen molar-refractivity contribution in [3.05, 3.63) is 0 Å². The summed E-state index contributed by atoms with van der Waals surface area (Å²) < 4.78 is 5.56. The molecule has 0 aromatic rings. The Hall–Kier alpha value is -0.610. The second-order valence-electron chi connectivity index (χ2n) is 6.33. The molecule has 106 valence electrons. The van der Waals surface area contributed by atoms with Gasteiger partial charge in [-0.1, -0.05) is 0 Å². The normalized spacial score (nSPS) is 26.2. The highest BCUT2D eigenvalue weighted by atomic mass is 16.5. The molecule has 0 radical (unpaired) electrons. The number of likely N-dealkylation sites (tertiary alicyclic amines) is 1. The summed E-state index contributed by atoms with van der Waals surface area (Å²) in [7, 11) is 1.77. The molecule has 1 fully saturated rings. The van der Waals surface area contributed by atoms with E-state index in [-0.39, 0.29) is 5.60 Å². The molecule has 0 spiro atoms. The molecule has 1 aliphatic rings. The smallest absolute Gasteiger partial charge is 0.309 e. The molecular formula is C14H27NO3. The van der Waals surface area contributed by atoms with E-state index in [1.54, 1.807) is 21.0 Å². The lowest BCUT2D eigenvalue weighted by Crippen LogP contribution is -2.47. The van der Waals surface area contributed by atoms with Crippen LogP contribution in [-0.2, 0) is 9.53 Å². The number of carbonyl (C=O) groups is 1. The van der Waals surface area contributed by atoms with Crippen molar-refractivity contribution >= 4 is 5.97 Å². The number of carboxylic acids is 1. The first-order chi connectivity index (χ1) is 8.29. The fourth-order valence-electron chi connectivity index (χ4n) is 2.52. The lowest BCUT2D eigenvalue weighted by molar-refractivity contribution is -0.147. The molecule has 18 heavy (non-hydrogen) atoms. The molecule has 0 aromatic carbocycles. The molecule has 1 aliphatic heterocycles. The third kappa shape index (κ3) is 4.25. The van der Waals surface area contributed by atoms with E-state index in [0.717, 1.165) is 45.3 Å². The molecule has 0 saturated carbocycles. The maximum atomic E-state index is 11.0. The Labute approximate surface area is 110 Å². The fourth-order valence-corrected chi connectivity index (χ4v) is 2.52. The van der Waals surface area contributed by atoms with E-state index in [2.05, 4.69) is 11.8 Å². The van der Waals surface area contributed by atoms with Crippen molar-refractivity contribution in [3.63, 3.8) is 0 Å². The molecule has 0 bridgehead atoms. The number of aliphatic carboxylic acids is 1. The van der Waals surface area contributed by atoms with Crippen molar-refractivity contribution in [2.24, 2.45) is 5.41 Å². The van der Waals surface area contributed by atoms with Crippen molar-refractivity contribution in [3.8, 4) is 0 Å². The van der Waals surface area contributed by atoms with Gasteiger partial charge in [-0.3, -0.25) is 4.79 Å². The van der Waals surface area contributed by atoms with Gasteiger partial charge in [0.2, 0.25) is 0 Å². The number of methoxy groups -OCH3 is 1. The first kappa shape index (κ1) is 15.4. The molecule has 0 aromatic heterocycles. The number of hydrogen-bond acceptors (Lipinski definition) is 3. The van der Waals surface area contributed by atoms with E-state index in [1.165, 1.54) is 0 Å². The fraction of sp³-hybridized carbons (Fsp3) is 0.929. The van der Waals surface area contributed by atoms with Crippen LogP contribution in [0.3, 0.4) is 0 Å². The molecule has 1 heterocycles. The predicted octanol–water partition coefficient (Wildman–Crippen LogP) is 2.38. The summed E-state index contributed by atoms with van der Waals surface area (Å²) in [4.78, 5) is 13.4. The van der Waals surface area contributed by atoms with Gasteiger partial charge in [-0.15, -0.1) is 0 Å². The minimum Gasteiger partial charge on any atom is -0.481 e. The average molecular weight is 257 g/mol. The molecule has 1 unspecified atom stereocenters. The van der Waals surface area contributed by atoms with E-state index in [0.29, 0.717) is 0 Å². The van der Waals surface area contributed by atoms with E-state index >= 15 is 0 Å². The van der Waals surface area contributed by atoms with Crippen LogP contribution in [0.15, 0.2) is 0 Å². The highest BCUT2D eigenvalue weighted by Gasteiger charge is 2.31. The molecule has 1 rings (SSSR count). The van der Waals surface area contributed by atoms with Gasteiger partial charge in [-0.25, -0.2) is 0 Å². The first-order valence-corrected chi connectivity index (χ1v) is 6.80. The van der Waals surface area contributed by atoms with Gasteiger partial charge in [-0.2, -0.15) is 0 Å². The summed E-state index contributed by atoms with van der Waals surface area (Å²) in [6.07, 6.45) is 3.93. The second kappa shape index (κ2) is 6.02. The van der Waals surface area contributed by atoms with E-state index in [9.17, 15) is 4.79 Å². The van der Waals surface area contributed by atoms with Crippen LogP contribution in [0, 0.1) is 5.41 Å². The van der Waals surface area contributed by atoms with Crippen molar-refractivity contribution in [1.82, 2.24) is 4.90 Å². The summed E-state index contributed by atoms with van der Waals surface area (Å²) >= 11 is 0. The van der Waals surface area contributed by atoms with E-state index < -0.39 is 11.4 Å². The summed E-state index contributed by atoms with van der Waals surface area (Å²) in [5.74, 6) is -0.706. The molecule has 4 heteroatoms. The lowest BCUT2D eigenvalue weighted by atomic mass is 9.87. The van der Waals surface area contributed by atoms with Gasteiger partial charge >= 0.3 is 5.97 Å². The largest absolute Gasteiger partial charge is 0.481 e. The van der Waals surface area contributed by atoms with Crippen LogP contribution in [0.2, 0.25) is 0 Å². The topological polar surface area (TPSA) is 49.8 Å². The molecule has 0 aliphatic carbocycles. The maximum Gasteiger partial charge on any atom is 0.309 e. The van der Waals surface area contributed by atoms with Crippen LogP contribution in [0.4, 0.5) is 0 Å². The number of nitrogens with zero attached hydrogens (tertiary/aromatic N) is 1. The summed E-state index contributed by atoms with van der Waals surface area (Å²) in [5.41, 5.74) is -0.638. The summed E-state index contributed by atoms with van der Waals surface area (Å²) in [6.45, 7) is 8.77. The van der Waals surface area contributed by atoms with Gasteiger partial charge in [0.25, 0.3) is 0 Å². The van der Waals surface area contributed by atoms with Gasteiger partial charge in [0, 0.05) is 13.7 Å². The SMILES string of the molecule is COC1(C)CCCN(CCCC(C)(C)C(=O)O)C1. The van der Waals surface area contributed by atoms with Crippen molar-refractivity contribution in [2.75, 3.05) is 26.7 Å². The van der Waals surface area contributed by atoms with Gasteiger partial charge in [0.05, 0.1) is 11.0 Å². The molecule has 4 nitrogen and oxygen atoms in total. The Kier molecular flexibility index (Phi) is 5.17. The van der Waals surface area contributed by atoms with Crippen molar-refractivity contribution in [1.29, 1.82) is 0 Å². The van der Waals surface area contributed by atoms with Crippen LogP contribution in [0.5, 0.6) is 0 Å². The monoisotopic (exact) mass is 257 g/mol. The van der Waals surface area contributed by atoms with E-state index in [1.807, 2.05) is 0 Å². The Bertz CT molecular complexity index is 291. The number of carboxylic acid groups (broad SMARTS) is 1. The van der Waals surface area contributed by atoms with Gasteiger partial charge in [0.1, 0.15) is 0 Å². The number of piperidine rings is 1. The zero-order valence-corrected chi connectivity index (χ0v) is 12.2. The first-order valence-electron chi connectivity index (χ1n) is 6.80. The highest BCUT2D eigenvalue weighted by Crippen LogP contribution is 2.26. The zero-order chi connectivity index (χ0) is 13.8. The van der Waals surface area contributed by atoms with Gasteiger partial charge < -0.3 is 14.7 Å². The molecule has 0 amide bonds. The third-order valence-corrected chi connectivity index (χ3v) is 4.09. The molecule has 1 N–H and O–H groups in total. The van der Waals surface area contributed by atoms with Crippen LogP contribution in [0.1, 0.15) is 46.5 Å². The van der Waals surface area contributed by atoms with Crippen LogP contribution < -0.4 is 0 Å². The van der Waals surface area contributed by atoms with Crippen LogP contribution in [0.25, 0.3) is 0 Å². The Morgan fingerprint density at radius 3 is 2.72 bits per heavy atom. The number of hydrogen-bond donors (Lipinski definition) is 1. The second-order valence-corrected chi connectivity index (χ2v) is 6.33. The number of rotatable bonds is 6. The lowest BCUT2D eigenvalue weighted by Gasteiger charge is -2.39. The van der Waals surface area contributed by atoms with Crippen LogP contribution >= 0.6 is 0 Å². The predicted molar refractivity (Wildman–Crippen MR) is 71.7 cm³/mol. The summed E-state index contributed by atoms with van der Waals surface area (Å²) in [6, 6.07) is 0. The Balaban J connectivity index is 2.34. The average Bonchev–Trinajstić information content (AvgIpc) is 2.29. The van der Waals surface area contributed by atoms with Crippen molar-refractivity contribution in [2.45, 2.75) is 52.1 Å². The highest BCUT2D eigenvalue weighted by molar-refractivity contribution is 5.73. The standard InChI is InChI=1S/C14H27NO3/c1-13(2,12(16)17)7-5-9-15-10-6-8-14(3,11-15)18-4/h5-11H2,1-4H3,(H,16,17). The van der Waals surface area contributed by atoms with Crippen LogP contribution in [-0.4, -0.2) is 48.3 Å².